The number of aromatic nitrogens is 3. The highest BCUT2D eigenvalue weighted by molar-refractivity contribution is 5.80. The molecule has 30 heavy (non-hydrogen) atoms. The van der Waals surface area contributed by atoms with Gasteiger partial charge >= 0.3 is 0 Å². The third-order valence-electron chi connectivity index (χ3n) is 5.29. The van der Waals surface area contributed by atoms with E-state index in [9.17, 15) is 0 Å². The Bertz CT molecular complexity index is 1260. The van der Waals surface area contributed by atoms with Crippen LogP contribution in [0.25, 0.3) is 28.0 Å². The van der Waals surface area contributed by atoms with Gasteiger partial charge in [-0.05, 0) is 18.1 Å². The summed E-state index contributed by atoms with van der Waals surface area (Å²) in [6.07, 6.45) is 1.89. The molecule has 0 aliphatic rings. The van der Waals surface area contributed by atoms with Gasteiger partial charge in [0.05, 0.1) is 11.9 Å². The van der Waals surface area contributed by atoms with Crippen molar-refractivity contribution in [2.24, 2.45) is 0 Å². The standard InChI is InChI=1S/C26H22N4/c1-19(20-11-5-2-6-12-20)28-25-17-24(22-15-9-4-10-16-22)29-26-23(18-27-30(25)26)21-13-7-3-8-14-21/h2-19,28H,1H3. The highest BCUT2D eigenvalue weighted by Gasteiger charge is 2.15. The lowest BCUT2D eigenvalue weighted by atomic mass is 10.1. The van der Waals surface area contributed by atoms with Gasteiger partial charge in [-0.3, -0.25) is 0 Å². The normalized spacial score (nSPS) is 12.0. The Hall–Kier alpha value is -3.92. The number of anilines is 1. The average molecular weight is 390 g/mol. The monoisotopic (exact) mass is 390 g/mol. The molecule has 4 heteroatoms. The molecule has 0 fully saturated rings. The summed E-state index contributed by atoms with van der Waals surface area (Å²) in [4.78, 5) is 4.98. The fourth-order valence-electron chi connectivity index (χ4n) is 3.69. The molecule has 0 bridgehead atoms. The maximum Gasteiger partial charge on any atom is 0.165 e. The summed E-state index contributed by atoms with van der Waals surface area (Å²) < 4.78 is 1.90. The lowest BCUT2D eigenvalue weighted by molar-refractivity contribution is 0.841. The topological polar surface area (TPSA) is 42.2 Å². The first-order chi connectivity index (χ1) is 14.8. The maximum absolute atomic E-state index is 4.98. The van der Waals surface area contributed by atoms with Crippen LogP contribution < -0.4 is 5.32 Å². The zero-order chi connectivity index (χ0) is 20.3. The number of benzene rings is 3. The van der Waals surface area contributed by atoms with E-state index in [1.807, 2.05) is 53.2 Å². The molecule has 5 rings (SSSR count). The first kappa shape index (κ1) is 18.1. The van der Waals surface area contributed by atoms with E-state index in [1.54, 1.807) is 0 Å². The summed E-state index contributed by atoms with van der Waals surface area (Å²) in [5, 5.41) is 8.30. The minimum atomic E-state index is 0.129. The highest BCUT2D eigenvalue weighted by atomic mass is 15.3. The van der Waals surface area contributed by atoms with Gasteiger partial charge in [0.25, 0.3) is 0 Å². The van der Waals surface area contributed by atoms with Crippen molar-refractivity contribution in [2.75, 3.05) is 5.32 Å². The number of fused-ring (bicyclic) bond motifs is 1. The van der Waals surface area contributed by atoms with Crippen LogP contribution in [0.3, 0.4) is 0 Å². The van der Waals surface area contributed by atoms with Crippen LogP contribution in [-0.2, 0) is 0 Å². The average Bonchev–Trinajstić information content (AvgIpc) is 3.25. The molecule has 2 heterocycles. The summed E-state index contributed by atoms with van der Waals surface area (Å²) in [7, 11) is 0. The highest BCUT2D eigenvalue weighted by Crippen LogP contribution is 2.30. The molecular formula is C26H22N4. The van der Waals surface area contributed by atoms with Gasteiger partial charge in [0.1, 0.15) is 5.82 Å². The van der Waals surface area contributed by atoms with Crippen molar-refractivity contribution in [2.45, 2.75) is 13.0 Å². The molecule has 1 unspecified atom stereocenters. The van der Waals surface area contributed by atoms with Crippen molar-refractivity contribution in [3.8, 4) is 22.4 Å². The Morgan fingerprint density at radius 1 is 0.767 bits per heavy atom. The Morgan fingerprint density at radius 2 is 1.37 bits per heavy atom. The van der Waals surface area contributed by atoms with Crippen LogP contribution >= 0.6 is 0 Å². The quantitative estimate of drug-likeness (QED) is 0.386. The lowest BCUT2D eigenvalue weighted by Crippen LogP contribution is -2.11. The largest absolute Gasteiger partial charge is 0.363 e. The third kappa shape index (κ3) is 3.44. The number of hydrogen-bond donors (Lipinski definition) is 1. The fourth-order valence-corrected chi connectivity index (χ4v) is 3.69. The second kappa shape index (κ2) is 7.84. The minimum Gasteiger partial charge on any atom is -0.363 e. The molecule has 1 N–H and O–H groups in total. The molecule has 0 radical (unpaired) electrons. The van der Waals surface area contributed by atoms with Gasteiger partial charge in [-0.15, -0.1) is 0 Å². The Balaban J connectivity index is 1.66. The molecule has 2 aromatic heterocycles. The van der Waals surface area contributed by atoms with Gasteiger partial charge in [0.15, 0.2) is 5.65 Å². The van der Waals surface area contributed by atoms with Crippen molar-refractivity contribution in [3.63, 3.8) is 0 Å². The van der Waals surface area contributed by atoms with Crippen molar-refractivity contribution in [1.29, 1.82) is 0 Å². The fraction of sp³-hybridized carbons (Fsp3) is 0.0769. The summed E-state index contributed by atoms with van der Waals surface area (Å²) in [6.45, 7) is 2.16. The maximum atomic E-state index is 4.98. The van der Waals surface area contributed by atoms with Crippen molar-refractivity contribution >= 4 is 11.5 Å². The van der Waals surface area contributed by atoms with Gasteiger partial charge < -0.3 is 5.32 Å². The van der Waals surface area contributed by atoms with E-state index >= 15 is 0 Å². The second-order valence-corrected chi connectivity index (χ2v) is 7.33. The van der Waals surface area contributed by atoms with E-state index in [1.165, 1.54) is 5.56 Å². The smallest absolute Gasteiger partial charge is 0.165 e. The number of nitrogens with zero attached hydrogens (tertiary/aromatic N) is 3. The molecule has 0 spiro atoms. The van der Waals surface area contributed by atoms with E-state index in [4.69, 9.17) is 4.98 Å². The molecule has 3 aromatic carbocycles. The molecule has 5 aromatic rings. The van der Waals surface area contributed by atoms with Crippen molar-refractivity contribution in [3.05, 3.63) is 109 Å². The van der Waals surface area contributed by atoms with Crippen LogP contribution in [0.1, 0.15) is 18.5 Å². The predicted molar refractivity (Wildman–Crippen MR) is 122 cm³/mol. The zero-order valence-electron chi connectivity index (χ0n) is 16.7. The van der Waals surface area contributed by atoms with Crippen LogP contribution in [0.4, 0.5) is 5.82 Å². The van der Waals surface area contributed by atoms with E-state index in [0.29, 0.717) is 0 Å². The molecule has 0 aliphatic heterocycles. The number of nitrogens with one attached hydrogen (secondary N) is 1. The predicted octanol–water partition coefficient (Wildman–Crippen LogP) is 6.24. The zero-order valence-corrected chi connectivity index (χ0v) is 16.7. The second-order valence-electron chi connectivity index (χ2n) is 7.33. The van der Waals surface area contributed by atoms with Crippen molar-refractivity contribution in [1.82, 2.24) is 14.6 Å². The van der Waals surface area contributed by atoms with Crippen LogP contribution in [0, 0.1) is 0 Å². The van der Waals surface area contributed by atoms with E-state index < -0.39 is 0 Å². The van der Waals surface area contributed by atoms with E-state index in [0.717, 1.165) is 33.8 Å². The number of rotatable bonds is 5. The molecule has 0 aliphatic carbocycles. The van der Waals surface area contributed by atoms with Gasteiger partial charge in [-0.25, -0.2) is 4.98 Å². The first-order valence-electron chi connectivity index (χ1n) is 10.1. The summed E-state index contributed by atoms with van der Waals surface area (Å²) in [6, 6.07) is 33.2. The van der Waals surface area contributed by atoms with Gasteiger partial charge in [-0.2, -0.15) is 9.61 Å². The van der Waals surface area contributed by atoms with Gasteiger partial charge in [0.2, 0.25) is 0 Å². The Labute approximate surface area is 175 Å². The van der Waals surface area contributed by atoms with Gasteiger partial charge in [0, 0.05) is 23.2 Å². The lowest BCUT2D eigenvalue weighted by Gasteiger charge is -2.17. The van der Waals surface area contributed by atoms with Crippen LogP contribution in [0.15, 0.2) is 103 Å². The summed E-state index contributed by atoms with van der Waals surface area (Å²) in [5.74, 6) is 0.914. The third-order valence-corrected chi connectivity index (χ3v) is 5.29. The van der Waals surface area contributed by atoms with Crippen LogP contribution in [-0.4, -0.2) is 14.6 Å². The molecule has 146 valence electrons. The molecule has 1 atom stereocenters. The first-order valence-corrected chi connectivity index (χ1v) is 10.1. The van der Waals surface area contributed by atoms with E-state index in [2.05, 4.69) is 71.9 Å². The molecular weight excluding hydrogens is 368 g/mol. The molecule has 0 saturated carbocycles. The number of hydrogen-bond acceptors (Lipinski definition) is 3. The molecule has 0 amide bonds. The Morgan fingerprint density at radius 3 is 2.03 bits per heavy atom. The van der Waals surface area contributed by atoms with Crippen LogP contribution in [0.2, 0.25) is 0 Å². The summed E-state index contributed by atoms with van der Waals surface area (Å²) in [5.41, 5.74) is 6.18. The summed E-state index contributed by atoms with van der Waals surface area (Å²) >= 11 is 0. The molecule has 4 nitrogen and oxygen atoms in total. The minimum absolute atomic E-state index is 0.129. The van der Waals surface area contributed by atoms with E-state index in [-0.39, 0.29) is 6.04 Å². The van der Waals surface area contributed by atoms with Gasteiger partial charge in [-0.1, -0.05) is 91.0 Å². The Kier molecular flexibility index (Phi) is 4.74. The van der Waals surface area contributed by atoms with Crippen molar-refractivity contribution < 1.29 is 0 Å². The van der Waals surface area contributed by atoms with Crippen LogP contribution in [0.5, 0.6) is 0 Å². The SMILES string of the molecule is CC(Nc1cc(-c2ccccc2)nc2c(-c3ccccc3)cnn12)c1ccccc1. The molecule has 0 saturated heterocycles.